The van der Waals surface area contributed by atoms with Gasteiger partial charge in [0, 0.05) is 45.0 Å². The standard InChI is InChI=1S/C49H60F2N2O2S5/c1-8-12-13-14-15-16-18-30(5)25-33-27-39(42-44(51)43(50)41(35(56)17-9-2)45-46(42)53-60-52-45)59-47(33)38-22-21-36(57-38)37-23-24-40(58-37)48(6,7)49(10-3,11-4)34-26-31(28-54)19-20-32(34)29-55/h17,19-24,26-27,30,54-56H,8-16,18,25,28-29H2,1-7H3/b35-17-. The minimum Gasteiger partial charge on any atom is -0.392 e. The van der Waals surface area contributed by atoms with Gasteiger partial charge in [-0.05, 0) is 84.2 Å². The summed E-state index contributed by atoms with van der Waals surface area (Å²) in [5, 5.41) is 20.5. The molecule has 2 N–H and O–H groups in total. The highest BCUT2D eigenvalue weighted by Gasteiger charge is 2.46. The van der Waals surface area contributed by atoms with Crippen molar-refractivity contribution in [2.75, 3.05) is 0 Å². The van der Waals surface area contributed by atoms with E-state index in [4.69, 9.17) is 0 Å². The zero-order chi connectivity index (χ0) is 43.2. The van der Waals surface area contributed by atoms with Crippen molar-refractivity contribution in [1.29, 1.82) is 0 Å². The Hall–Kier alpha value is -2.77. The van der Waals surface area contributed by atoms with E-state index in [1.165, 1.54) is 59.6 Å². The summed E-state index contributed by atoms with van der Waals surface area (Å²) in [6.45, 7) is 15.5. The zero-order valence-corrected chi connectivity index (χ0v) is 40.3. The predicted molar refractivity (Wildman–Crippen MR) is 259 cm³/mol. The van der Waals surface area contributed by atoms with Crippen LogP contribution >= 0.6 is 58.4 Å². The van der Waals surface area contributed by atoms with Gasteiger partial charge in [0.2, 0.25) is 0 Å². The number of hydrogen-bond acceptors (Lipinski definition) is 9. The molecule has 1 unspecified atom stereocenters. The molecule has 0 spiro atoms. The van der Waals surface area contributed by atoms with Gasteiger partial charge in [-0.1, -0.05) is 118 Å². The van der Waals surface area contributed by atoms with Crippen LogP contribution in [0.5, 0.6) is 0 Å². The van der Waals surface area contributed by atoms with E-state index in [0.717, 1.165) is 74.3 Å². The molecule has 0 aliphatic carbocycles. The number of benzene rings is 2. The number of hydrogen-bond donors (Lipinski definition) is 3. The smallest absolute Gasteiger partial charge is 0.170 e. The third-order valence-corrected chi connectivity index (χ3v) is 17.7. The van der Waals surface area contributed by atoms with E-state index in [-0.39, 0.29) is 35.2 Å². The lowest BCUT2D eigenvalue weighted by atomic mass is 9.57. The molecule has 0 aliphatic heterocycles. The molecule has 0 fully saturated rings. The van der Waals surface area contributed by atoms with Crippen molar-refractivity contribution >= 4 is 74.3 Å². The monoisotopic (exact) mass is 906 g/mol. The average Bonchev–Trinajstić information content (AvgIpc) is 4.08. The van der Waals surface area contributed by atoms with Crippen LogP contribution in [0.4, 0.5) is 8.78 Å². The SMILES string of the molecule is CC/C=C(\S)c1c(F)c(F)c(-c2cc(CC(C)CCCCCCCC)c(-c3ccc(-c4ccc(C(C)(C)C(CC)(CC)c5cc(CO)ccc5CO)s4)s3)s2)c2nsnc12. The first-order valence-electron chi connectivity index (χ1n) is 21.6. The number of allylic oxidation sites excluding steroid dienone is 1. The Morgan fingerprint density at radius 2 is 1.45 bits per heavy atom. The fourth-order valence-corrected chi connectivity index (χ4v) is 13.8. The Bertz CT molecular complexity index is 2400. The van der Waals surface area contributed by atoms with E-state index in [1.807, 2.05) is 30.4 Å². The Morgan fingerprint density at radius 1 is 0.767 bits per heavy atom. The van der Waals surface area contributed by atoms with Gasteiger partial charge in [-0.3, -0.25) is 0 Å². The zero-order valence-electron chi connectivity index (χ0n) is 36.1. The summed E-state index contributed by atoms with van der Waals surface area (Å²) < 4.78 is 41.4. The number of fused-ring (bicyclic) bond motifs is 1. The van der Waals surface area contributed by atoms with Gasteiger partial charge in [-0.25, -0.2) is 8.78 Å². The second-order valence-corrected chi connectivity index (χ2v) is 20.9. The largest absolute Gasteiger partial charge is 0.392 e. The molecule has 4 aromatic heterocycles. The highest BCUT2D eigenvalue weighted by molar-refractivity contribution is 7.90. The van der Waals surface area contributed by atoms with Crippen LogP contribution in [-0.4, -0.2) is 19.0 Å². The summed E-state index contributed by atoms with van der Waals surface area (Å²) in [6.07, 6.45) is 13.6. The molecule has 60 heavy (non-hydrogen) atoms. The molecule has 4 nitrogen and oxygen atoms in total. The minimum absolute atomic E-state index is 0.0456. The van der Waals surface area contributed by atoms with Crippen LogP contribution in [0.1, 0.15) is 145 Å². The average molecular weight is 907 g/mol. The number of thiophene rings is 3. The Kier molecular flexibility index (Phi) is 16.0. The molecule has 0 radical (unpaired) electrons. The fraction of sp³-hybridized carbons (Fsp3) is 0.469. The molecule has 1 atom stereocenters. The van der Waals surface area contributed by atoms with Crippen LogP contribution in [0.3, 0.4) is 0 Å². The quantitative estimate of drug-likeness (QED) is 0.0497. The topological polar surface area (TPSA) is 66.2 Å². The molecule has 0 bridgehead atoms. The van der Waals surface area contributed by atoms with Gasteiger partial charge in [0.25, 0.3) is 0 Å². The third kappa shape index (κ3) is 9.29. The van der Waals surface area contributed by atoms with Crippen molar-refractivity contribution in [2.24, 2.45) is 5.92 Å². The summed E-state index contributed by atoms with van der Waals surface area (Å²) in [5.41, 5.74) is 4.39. The van der Waals surface area contributed by atoms with Crippen molar-refractivity contribution in [1.82, 2.24) is 8.75 Å². The second kappa shape index (κ2) is 20.6. The van der Waals surface area contributed by atoms with Gasteiger partial charge in [0.1, 0.15) is 11.0 Å². The highest BCUT2D eigenvalue weighted by atomic mass is 32.1. The maximum Gasteiger partial charge on any atom is 0.170 e. The van der Waals surface area contributed by atoms with Crippen molar-refractivity contribution in [3.05, 3.63) is 98.9 Å². The normalized spacial score (nSPS) is 13.2. The van der Waals surface area contributed by atoms with Crippen molar-refractivity contribution in [3.63, 3.8) is 0 Å². The Labute approximate surface area is 377 Å². The fourth-order valence-electron chi connectivity index (χ4n) is 9.15. The molecular formula is C49H60F2N2O2S5. The molecule has 2 aromatic carbocycles. The summed E-state index contributed by atoms with van der Waals surface area (Å²) in [6, 6.07) is 16.9. The minimum atomic E-state index is -0.938. The molecule has 11 heteroatoms. The van der Waals surface area contributed by atoms with Gasteiger partial charge in [0.05, 0.1) is 36.1 Å². The number of unbranched alkanes of at least 4 members (excludes halogenated alkanes) is 5. The van der Waals surface area contributed by atoms with E-state index < -0.39 is 11.6 Å². The highest BCUT2D eigenvalue weighted by Crippen LogP contribution is 2.54. The van der Waals surface area contributed by atoms with Gasteiger partial charge in [-0.15, -0.1) is 46.6 Å². The first-order chi connectivity index (χ1) is 28.9. The molecule has 6 rings (SSSR count). The van der Waals surface area contributed by atoms with Crippen LogP contribution in [0.15, 0.2) is 54.6 Å². The Balaban J connectivity index is 1.38. The molecule has 6 aromatic rings. The first-order valence-corrected chi connectivity index (χ1v) is 25.2. The maximum atomic E-state index is 16.4. The molecule has 0 aliphatic rings. The summed E-state index contributed by atoms with van der Waals surface area (Å²) in [5.74, 6) is -1.42. The number of aliphatic hydroxyl groups excluding tert-OH is 2. The van der Waals surface area contributed by atoms with E-state index in [1.54, 1.807) is 17.4 Å². The van der Waals surface area contributed by atoms with E-state index in [0.29, 0.717) is 33.2 Å². The molecule has 0 saturated heterocycles. The van der Waals surface area contributed by atoms with Crippen LogP contribution in [0.25, 0.3) is 45.9 Å². The van der Waals surface area contributed by atoms with Crippen molar-refractivity contribution in [2.45, 2.75) is 143 Å². The van der Waals surface area contributed by atoms with E-state index in [9.17, 15) is 10.2 Å². The summed E-state index contributed by atoms with van der Waals surface area (Å²) >= 11 is 10.6. The van der Waals surface area contributed by atoms with Crippen LogP contribution in [0, 0.1) is 17.6 Å². The third-order valence-electron chi connectivity index (χ3n) is 12.7. The first kappa shape index (κ1) is 46.7. The molecule has 0 saturated carbocycles. The lowest BCUT2D eigenvalue weighted by Gasteiger charge is -2.47. The number of nitrogens with zero attached hydrogens (tertiary/aromatic N) is 2. The van der Waals surface area contributed by atoms with Crippen LogP contribution in [-0.2, 0) is 30.5 Å². The molecule has 0 amide bonds. The number of aliphatic hydroxyl groups is 2. The second-order valence-electron chi connectivity index (χ2n) is 16.7. The lowest BCUT2D eigenvalue weighted by Crippen LogP contribution is -2.44. The van der Waals surface area contributed by atoms with Gasteiger partial charge in [0.15, 0.2) is 11.6 Å². The number of thiol groups is 1. The van der Waals surface area contributed by atoms with Gasteiger partial charge < -0.3 is 10.2 Å². The summed E-state index contributed by atoms with van der Waals surface area (Å²) in [7, 11) is 0. The van der Waals surface area contributed by atoms with Crippen LogP contribution in [0.2, 0.25) is 0 Å². The van der Waals surface area contributed by atoms with Crippen molar-refractivity contribution < 1.29 is 19.0 Å². The Morgan fingerprint density at radius 3 is 2.15 bits per heavy atom. The van der Waals surface area contributed by atoms with Crippen LogP contribution < -0.4 is 0 Å². The number of rotatable bonds is 21. The number of halogens is 2. The summed E-state index contributed by atoms with van der Waals surface area (Å²) in [4.78, 5) is 6.82. The lowest BCUT2D eigenvalue weighted by molar-refractivity contribution is 0.223. The van der Waals surface area contributed by atoms with Gasteiger partial charge in [-0.2, -0.15) is 8.75 Å². The molecule has 4 heterocycles. The predicted octanol–water partition coefficient (Wildman–Crippen LogP) is 15.8. The number of aromatic nitrogens is 2. The maximum absolute atomic E-state index is 16.4. The molecular weight excluding hydrogens is 847 g/mol. The molecule has 322 valence electrons. The van der Waals surface area contributed by atoms with E-state index in [2.05, 4.69) is 99.3 Å². The van der Waals surface area contributed by atoms with Gasteiger partial charge >= 0.3 is 0 Å². The van der Waals surface area contributed by atoms with Crippen molar-refractivity contribution in [3.8, 4) is 29.9 Å². The van der Waals surface area contributed by atoms with E-state index >= 15 is 8.78 Å².